The van der Waals surface area contributed by atoms with Crippen LogP contribution in [-0.4, -0.2) is 17.6 Å². The molecule has 0 spiro atoms. The molecule has 1 heterocycles. The average Bonchev–Trinajstić information content (AvgIpc) is 2.96. The first-order valence-electron chi connectivity index (χ1n) is 7.20. The molecule has 1 aliphatic carbocycles. The van der Waals surface area contributed by atoms with Crippen LogP contribution in [0, 0.1) is 0 Å². The minimum atomic E-state index is 0.659. The average molecular weight is 255 g/mol. The van der Waals surface area contributed by atoms with E-state index in [-0.39, 0.29) is 0 Å². The lowest BCUT2D eigenvalue weighted by Gasteiger charge is -2.31. The normalized spacial score (nSPS) is 16.1. The van der Waals surface area contributed by atoms with E-state index in [2.05, 4.69) is 28.9 Å². The van der Waals surface area contributed by atoms with Crippen molar-refractivity contribution in [2.75, 3.05) is 17.2 Å². The van der Waals surface area contributed by atoms with Gasteiger partial charge in [-0.15, -0.1) is 0 Å². The van der Waals surface area contributed by atoms with Gasteiger partial charge >= 0.3 is 0 Å². The number of nitrogen functional groups attached to an aromatic ring is 1. The molecule has 3 rings (SSSR count). The lowest BCUT2D eigenvalue weighted by atomic mass is 10.1. The van der Waals surface area contributed by atoms with Crippen LogP contribution < -0.4 is 10.6 Å². The van der Waals surface area contributed by atoms with Crippen molar-refractivity contribution in [3.05, 3.63) is 30.6 Å². The number of pyridine rings is 1. The van der Waals surface area contributed by atoms with Crippen LogP contribution in [0.15, 0.2) is 30.6 Å². The molecule has 1 aliphatic rings. The van der Waals surface area contributed by atoms with E-state index in [9.17, 15) is 0 Å². The summed E-state index contributed by atoms with van der Waals surface area (Å²) < 4.78 is 0. The number of aromatic nitrogens is 1. The van der Waals surface area contributed by atoms with Crippen molar-refractivity contribution in [1.29, 1.82) is 0 Å². The van der Waals surface area contributed by atoms with Gasteiger partial charge in [0.05, 0.1) is 11.4 Å². The summed E-state index contributed by atoms with van der Waals surface area (Å²) in [5, 5.41) is 2.23. The highest BCUT2D eigenvalue weighted by Crippen LogP contribution is 2.35. The fraction of sp³-hybridized carbons (Fsp3) is 0.438. The van der Waals surface area contributed by atoms with Crippen molar-refractivity contribution < 1.29 is 0 Å². The molecule has 0 aliphatic heterocycles. The van der Waals surface area contributed by atoms with Gasteiger partial charge in [-0.2, -0.15) is 0 Å². The molecule has 1 aromatic carbocycles. The SMILES string of the molecule is CCN(c1ccc2cnccc2c1N)C1CCCC1. The smallest absolute Gasteiger partial charge is 0.0632 e. The van der Waals surface area contributed by atoms with Crippen LogP contribution in [0.25, 0.3) is 10.8 Å². The second kappa shape index (κ2) is 5.08. The molecule has 0 bridgehead atoms. The van der Waals surface area contributed by atoms with Gasteiger partial charge in [0.1, 0.15) is 0 Å². The zero-order chi connectivity index (χ0) is 13.2. The quantitative estimate of drug-likeness (QED) is 0.852. The number of nitrogens with zero attached hydrogens (tertiary/aromatic N) is 2. The summed E-state index contributed by atoms with van der Waals surface area (Å²) in [6.45, 7) is 3.24. The number of hydrogen-bond donors (Lipinski definition) is 1. The number of benzene rings is 1. The van der Waals surface area contributed by atoms with Gasteiger partial charge in [0, 0.05) is 35.8 Å². The number of hydrogen-bond acceptors (Lipinski definition) is 3. The summed E-state index contributed by atoms with van der Waals surface area (Å²) in [5.41, 5.74) is 8.48. The molecule has 1 saturated carbocycles. The van der Waals surface area contributed by atoms with Crippen LogP contribution in [0.4, 0.5) is 11.4 Å². The maximum absolute atomic E-state index is 6.39. The van der Waals surface area contributed by atoms with E-state index in [1.54, 1.807) is 0 Å². The Balaban J connectivity index is 2.05. The molecule has 3 nitrogen and oxygen atoms in total. The van der Waals surface area contributed by atoms with E-state index in [0.717, 1.165) is 23.0 Å². The van der Waals surface area contributed by atoms with Crippen molar-refractivity contribution >= 4 is 22.1 Å². The summed E-state index contributed by atoms with van der Waals surface area (Å²) in [7, 11) is 0. The van der Waals surface area contributed by atoms with Gasteiger partial charge in [-0.25, -0.2) is 0 Å². The first-order valence-corrected chi connectivity index (χ1v) is 7.20. The first-order chi connectivity index (χ1) is 9.31. The monoisotopic (exact) mass is 255 g/mol. The Labute approximate surface area is 114 Å². The number of anilines is 2. The third kappa shape index (κ3) is 2.14. The summed E-state index contributed by atoms with van der Waals surface area (Å²) in [4.78, 5) is 6.63. The molecule has 3 heteroatoms. The molecular formula is C16H21N3. The van der Waals surface area contributed by atoms with Gasteiger partial charge in [-0.05, 0) is 31.9 Å². The largest absolute Gasteiger partial charge is 0.397 e. The van der Waals surface area contributed by atoms with Crippen molar-refractivity contribution in [2.24, 2.45) is 0 Å². The van der Waals surface area contributed by atoms with E-state index in [0.29, 0.717) is 6.04 Å². The molecule has 2 aromatic rings. The Morgan fingerprint density at radius 2 is 2.05 bits per heavy atom. The maximum Gasteiger partial charge on any atom is 0.0632 e. The molecule has 1 aromatic heterocycles. The van der Waals surface area contributed by atoms with Gasteiger partial charge in [-0.1, -0.05) is 18.9 Å². The van der Waals surface area contributed by atoms with Crippen molar-refractivity contribution in [3.63, 3.8) is 0 Å². The van der Waals surface area contributed by atoms with Crippen LogP contribution in [0.2, 0.25) is 0 Å². The standard InChI is InChI=1S/C16H21N3/c1-2-19(13-5-3-4-6-13)15-8-7-12-11-18-10-9-14(12)16(15)17/h7-11,13H,2-6,17H2,1H3. The number of nitrogens with two attached hydrogens (primary N) is 1. The van der Waals surface area contributed by atoms with E-state index >= 15 is 0 Å². The van der Waals surface area contributed by atoms with E-state index in [4.69, 9.17) is 5.73 Å². The number of fused-ring (bicyclic) bond motifs is 1. The number of rotatable bonds is 3. The first kappa shape index (κ1) is 12.3. The zero-order valence-electron chi connectivity index (χ0n) is 11.5. The Kier molecular flexibility index (Phi) is 3.28. The van der Waals surface area contributed by atoms with E-state index in [1.165, 1.54) is 31.4 Å². The fourth-order valence-corrected chi connectivity index (χ4v) is 3.27. The Hall–Kier alpha value is -1.77. The highest BCUT2D eigenvalue weighted by atomic mass is 15.2. The maximum atomic E-state index is 6.39. The Morgan fingerprint density at radius 1 is 1.26 bits per heavy atom. The van der Waals surface area contributed by atoms with Crippen LogP contribution in [0.3, 0.4) is 0 Å². The molecule has 1 fully saturated rings. The zero-order valence-corrected chi connectivity index (χ0v) is 11.5. The summed E-state index contributed by atoms with van der Waals surface area (Å²) in [5.74, 6) is 0. The molecule has 19 heavy (non-hydrogen) atoms. The molecule has 100 valence electrons. The second-order valence-electron chi connectivity index (χ2n) is 5.32. The third-order valence-electron chi connectivity index (χ3n) is 4.25. The predicted molar refractivity (Wildman–Crippen MR) is 81.4 cm³/mol. The molecule has 0 atom stereocenters. The van der Waals surface area contributed by atoms with Crippen LogP contribution in [0.1, 0.15) is 32.6 Å². The van der Waals surface area contributed by atoms with Gasteiger partial charge < -0.3 is 10.6 Å². The molecule has 2 N–H and O–H groups in total. The van der Waals surface area contributed by atoms with Crippen LogP contribution in [-0.2, 0) is 0 Å². The van der Waals surface area contributed by atoms with Gasteiger partial charge in [-0.3, -0.25) is 4.98 Å². The van der Waals surface area contributed by atoms with Gasteiger partial charge in [0.2, 0.25) is 0 Å². The lowest BCUT2D eigenvalue weighted by Crippen LogP contribution is -2.33. The molecule has 0 amide bonds. The topological polar surface area (TPSA) is 42.2 Å². The predicted octanol–water partition coefficient (Wildman–Crippen LogP) is 3.59. The van der Waals surface area contributed by atoms with Crippen molar-refractivity contribution in [3.8, 4) is 0 Å². The van der Waals surface area contributed by atoms with Gasteiger partial charge in [0.15, 0.2) is 0 Å². The summed E-state index contributed by atoms with van der Waals surface area (Å²) in [6.07, 6.45) is 8.97. The van der Waals surface area contributed by atoms with Crippen molar-refractivity contribution in [1.82, 2.24) is 4.98 Å². The van der Waals surface area contributed by atoms with E-state index < -0.39 is 0 Å². The highest BCUT2D eigenvalue weighted by Gasteiger charge is 2.23. The summed E-state index contributed by atoms with van der Waals surface area (Å²) >= 11 is 0. The Bertz CT molecular complexity index is 573. The summed E-state index contributed by atoms with van der Waals surface area (Å²) in [6, 6.07) is 6.95. The van der Waals surface area contributed by atoms with Crippen molar-refractivity contribution in [2.45, 2.75) is 38.6 Å². The second-order valence-corrected chi connectivity index (χ2v) is 5.32. The minimum absolute atomic E-state index is 0.659. The molecule has 0 radical (unpaired) electrons. The molecule has 0 saturated heterocycles. The van der Waals surface area contributed by atoms with E-state index in [1.807, 2.05) is 18.5 Å². The lowest BCUT2D eigenvalue weighted by molar-refractivity contribution is 0.621. The minimum Gasteiger partial charge on any atom is -0.397 e. The van der Waals surface area contributed by atoms with Gasteiger partial charge in [0.25, 0.3) is 0 Å². The highest BCUT2D eigenvalue weighted by molar-refractivity contribution is 5.98. The van der Waals surface area contributed by atoms with Crippen LogP contribution >= 0.6 is 0 Å². The Morgan fingerprint density at radius 3 is 2.79 bits per heavy atom. The molecule has 0 unspecified atom stereocenters. The fourth-order valence-electron chi connectivity index (χ4n) is 3.27. The third-order valence-corrected chi connectivity index (χ3v) is 4.25. The molecular weight excluding hydrogens is 234 g/mol. The van der Waals surface area contributed by atoms with Crippen LogP contribution in [0.5, 0.6) is 0 Å².